The SMILES string of the molecule is COc1ccc(CCNC(=O)COC(=O)[C@@H](C)Sc2ccc(Cl)cc2)cc1. The zero-order valence-corrected chi connectivity index (χ0v) is 16.8. The summed E-state index contributed by atoms with van der Waals surface area (Å²) < 4.78 is 10.2. The Morgan fingerprint density at radius 2 is 1.78 bits per heavy atom. The maximum Gasteiger partial charge on any atom is 0.319 e. The molecule has 7 heteroatoms. The first-order valence-corrected chi connectivity index (χ1v) is 9.72. The number of methoxy groups -OCH3 is 1. The molecule has 0 bridgehead atoms. The first-order chi connectivity index (χ1) is 13.0. The van der Waals surface area contributed by atoms with Gasteiger partial charge < -0.3 is 14.8 Å². The van der Waals surface area contributed by atoms with E-state index >= 15 is 0 Å². The van der Waals surface area contributed by atoms with E-state index in [9.17, 15) is 9.59 Å². The number of nitrogens with one attached hydrogen (secondary N) is 1. The van der Waals surface area contributed by atoms with Crippen LogP contribution in [0.3, 0.4) is 0 Å². The average Bonchev–Trinajstić information content (AvgIpc) is 2.68. The molecule has 144 valence electrons. The highest BCUT2D eigenvalue weighted by Gasteiger charge is 2.17. The summed E-state index contributed by atoms with van der Waals surface area (Å²) in [6.07, 6.45) is 0.687. The third-order valence-corrected chi connectivity index (χ3v) is 5.04. The predicted octanol–water partition coefficient (Wildman–Crippen LogP) is 3.73. The molecule has 0 saturated carbocycles. The predicted molar refractivity (Wildman–Crippen MR) is 107 cm³/mol. The number of esters is 1. The zero-order chi connectivity index (χ0) is 19.6. The van der Waals surface area contributed by atoms with Gasteiger partial charge in [-0.15, -0.1) is 11.8 Å². The Balaban J connectivity index is 1.66. The smallest absolute Gasteiger partial charge is 0.319 e. The number of amides is 1. The number of halogens is 1. The number of carbonyl (C=O) groups is 2. The van der Waals surface area contributed by atoms with Crippen molar-refractivity contribution in [3.8, 4) is 5.75 Å². The Labute approximate surface area is 168 Å². The number of ether oxygens (including phenoxy) is 2. The van der Waals surface area contributed by atoms with Gasteiger partial charge in [-0.05, 0) is 55.3 Å². The molecule has 1 amide bonds. The number of thioether (sulfide) groups is 1. The lowest BCUT2D eigenvalue weighted by Crippen LogP contribution is -2.31. The monoisotopic (exact) mass is 407 g/mol. The van der Waals surface area contributed by atoms with Crippen LogP contribution in [-0.2, 0) is 20.7 Å². The molecule has 0 spiro atoms. The minimum Gasteiger partial charge on any atom is -0.497 e. The molecule has 0 heterocycles. The molecule has 2 aromatic carbocycles. The van der Waals surface area contributed by atoms with Crippen LogP contribution in [0.25, 0.3) is 0 Å². The quantitative estimate of drug-likeness (QED) is 0.506. The van der Waals surface area contributed by atoms with Crippen molar-refractivity contribution in [1.82, 2.24) is 5.32 Å². The Morgan fingerprint density at radius 3 is 2.41 bits per heavy atom. The second-order valence-electron chi connectivity index (χ2n) is 5.77. The van der Waals surface area contributed by atoms with Crippen LogP contribution in [-0.4, -0.2) is 37.4 Å². The van der Waals surface area contributed by atoms with E-state index < -0.39 is 11.2 Å². The van der Waals surface area contributed by atoms with E-state index in [-0.39, 0.29) is 12.5 Å². The highest BCUT2D eigenvalue weighted by Crippen LogP contribution is 2.25. The van der Waals surface area contributed by atoms with Crippen LogP contribution in [0.5, 0.6) is 5.75 Å². The van der Waals surface area contributed by atoms with E-state index in [4.69, 9.17) is 21.1 Å². The van der Waals surface area contributed by atoms with Gasteiger partial charge in [-0.25, -0.2) is 0 Å². The van der Waals surface area contributed by atoms with Crippen molar-refractivity contribution in [3.63, 3.8) is 0 Å². The molecule has 0 aliphatic rings. The van der Waals surface area contributed by atoms with E-state index in [1.807, 2.05) is 36.4 Å². The second-order valence-corrected chi connectivity index (χ2v) is 7.62. The summed E-state index contributed by atoms with van der Waals surface area (Å²) in [6, 6.07) is 14.8. The van der Waals surface area contributed by atoms with Gasteiger partial charge in [0.2, 0.25) is 0 Å². The van der Waals surface area contributed by atoms with Gasteiger partial charge in [0.15, 0.2) is 6.61 Å². The summed E-state index contributed by atoms with van der Waals surface area (Å²) in [4.78, 5) is 24.8. The first kappa shape index (κ1) is 21.1. The number of hydrogen-bond donors (Lipinski definition) is 1. The van der Waals surface area contributed by atoms with Crippen molar-refractivity contribution in [2.24, 2.45) is 0 Å². The van der Waals surface area contributed by atoms with Crippen LogP contribution in [0.1, 0.15) is 12.5 Å². The van der Waals surface area contributed by atoms with Crippen LogP contribution in [0.2, 0.25) is 5.02 Å². The lowest BCUT2D eigenvalue weighted by molar-refractivity contribution is -0.147. The number of carbonyl (C=O) groups excluding carboxylic acids is 2. The summed E-state index contributed by atoms with van der Waals surface area (Å²) in [5, 5.41) is 2.96. The molecule has 0 aliphatic heterocycles. The molecule has 1 N–H and O–H groups in total. The van der Waals surface area contributed by atoms with Crippen LogP contribution in [0.15, 0.2) is 53.4 Å². The molecule has 0 radical (unpaired) electrons. The molecular weight excluding hydrogens is 386 g/mol. The van der Waals surface area contributed by atoms with E-state index in [1.165, 1.54) is 11.8 Å². The molecule has 1 atom stereocenters. The highest BCUT2D eigenvalue weighted by atomic mass is 35.5. The minimum atomic E-state index is -0.430. The molecule has 2 rings (SSSR count). The summed E-state index contributed by atoms with van der Waals surface area (Å²) in [7, 11) is 1.62. The maximum absolute atomic E-state index is 12.0. The third kappa shape index (κ3) is 7.53. The summed E-state index contributed by atoms with van der Waals surface area (Å²) >= 11 is 7.19. The van der Waals surface area contributed by atoms with Gasteiger partial charge in [0.05, 0.1) is 7.11 Å². The molecule has 0 aliphatic carbocycles. The van der Waals surface area contributed by atoms with Crippen molar-refractivity contribution in [2.75, 3.05) is 20.3 Å². The lowest BCUT2D eigenvalue weighted by atomic mass is 10.1. The van der Waals surface area contributed by atoms with Crippen molar-refractivity contribution >= 4 is 35.2 Å². The summed E-state index contributed by atoms with van der Waals surface area (Å²) in [5.41, 5.74) is 1.08. The number of rotatable bonds is 9. The van der Waals surface area contributed by atoms with Gasteiger partial charge in [-0.2, -0.15) is 0 Å². The van der Waals surface area contributed by atoms with Gasteiger partial charge in [0.25, 0.3) is 5.91 Å². The zero-order valence-electron chi connectivity index (χ0n) is 15.2. The Bertz CT molecular complexity index is 750. The fourth-order valence-electron chi connectivity index (χ4n) is 2.21. The number of hydrogen-bond acceptors (Lipinski definition) is 5. The normalized spacial score (nSPS) is 11.5. The Kier molecular flexibility index (Phi) is 8.48. The first-order valence-electron chi connectivity index (χ1n) is 8.46. The molecule has 5 nitrogen and oxygen atoms in total. The van der Waals surface area contributed by atoms with E-state index in [2.05, 4.69) is 5.32 Å². The fraction of sp³-hybridized carbons (Fsp3) is 0.300. The second kappa shape index (κ2) is 10.8. The summed E-state index contributed by atoms with van der Waals surface area (Å²) in [5.74, 6) is 0.0427. The van der Waals surface area contributed by atoms with E-state index in [1.54, 1.807) is 26.2 Å². The topological polar surface area (TPSA) is 64.6 Å². The average molecular weight is 408 g/mol. The van der Waals surface area contributed by atoms with E-state index in [0.29, 0.717) is 18.0 Å². The minimum absolute atomic E-state index is 0.285. The van der Waals surface area contributed by atoms with Crippen molar-refractivity contribution < 1.29 is 19.1 Å². The van der Waals surface area contributed by atoms with Gasteiger partial charge >= 0.3 is 5.97 Å². The fourth-order valence-corrected chi connectivity index (χ4v) is 3.20. The molecule has 0 unspecified atom stereocenters. The summed E-state index contributed by atoms with van der Waals surface area (Å²) in [6.45, 7) is 1.92. The van der Waals surface area contributed by atoms with Crippen molar-refractivity contribution in [2.45, 2.75) is 23.5 Å². The van der Waals surface area contributed by atoms with Gasteiger partial charge in [0.1, 0.15) is 11.0 Å². The largest absolute Gasteiger partial charge is 0.497 e. The number of benzene rings is 2. The molecular formula is C20H22ClNO4S. The van der Waals surface area contributed by atoms with Crippen molar-refractivity contribution in [3.05, 3.63) is 59.1 Å². The lowest BCUT2D eigenvalue weighted by Gasteiger charge is -2.11. The van der Waals surface area contributed by atoms with Gasteiger partial charge in [-0.1, -0.05) is 23.7 Å². The van der Waals surface area contributed by atoms with Crippen LogP contribution in [0.4, 0.5) is 0 Å². The van der Waals surface area contributed by atoms with Crippen molar-refractivity contribution in [1.29, 1.82) is 0 Å². The maximum atomic E-state index is 12.0. The standard InChI is InChI=1S/C20H22ClNO4S/c1-14(27-18-9-5-16(21)6-10-18)20(24)26-13-19(23)22-12-11-15-3-7-17(25-2)8-4-15/h3-10,14H,11-13H2,1-2H3,(H,22,23)/t14-/m1/s1. The Morgan fingerprint density at radius 1 is 1.11 bits per heavy atom. The molecule has 0 aromatic heterocycles. The highest BCUT2D eigenvalue weighted by molar-refractivity contribution is 8.00. The third-order valence-electron chi connectivity index (χ3n) is 3.70. The Hall–Kier alpha value is -2.18. The molecule has 0 saturated heterocycles. The molecule has 27 heavy (non-hydrogen) atoms. The van der Waals surface area contributed by atoms with Crippen LogP contribution in [0, 0.1) is 0 Å². The van der Waals surface area contributed by atoms with Crippen LogP contribution < -0.4 is 10.1 Å². The molecule has 2 aromatic rings. The van der Waals surface area contributed by atoms with Gasteiger partial charge in [-0.3, -0.25) is 9.59 Å². The van der Waals surface area contributed by atoms with Gasteiger partial charge in [0, 0.05) is 16.5 Å². The van der Waals surface area contributed by atoms with Crippen LogP contribution >= 0.6 is 23.4 Å². The molecule has 0 fully saturated rings. The van der Waals surface area contributed by atoms with E-state index in [0.717, 1.165) is 16.2 Å².